The van der Waals surface area contributed by atoms with Crippen LogP contribution in [0.3, 0.4) is 0 Å². The quantitative estimate of drug-likeness (QED) is 0.481. The number of piperazine rings is 1. The highest BCUT2D eigenvalue weighted by atomic mass is 32.2. The minimum atomic E-state index is -3.67. The predicted octanol–water partition coefficient (Wildman–Crippen LogP) is 3.82. The molecular formula is C24H29N3O4S2. The fourth-order valence-corrected chi connectivity index (χ4v) is 6.31. The van der Waals surface area contributed by atoms with Gasteiger partial charge in [0.1, 0.15) is 16.4 Å². The highest BCUT2D eigenvalue weighted by molar-refractivity contribution is 7.89. The van der Waals surface area contributed by atoms with Gasteiger partial charge in [0.05, 0.1) is 19.9 Å². The van der Waals surface area contributed by atoms with Gasteiger partial charge < -0.3 is 14.4 Å². The number of anilines is 1. The second-order valence-corrected chi connectivity index (χ2v) is 10.6. The number of nitrogens with zero attached hydrogens (tertiary/aromatic N) is 3. The van der Waals surface area contributed by atoms with Gasteiger partial charge in [0.2, 0.25) is 10.0 Å². The number of sulfonamides is 1. The Kier molecular flexibility index (Phi) is 7.21. The van der Waals surface area contributed by atoms with Crippen molar-refractivity contribution in [1.82, 2.24) is 9.29 Å². The summed E-state index contributed by atoms with van der Waals surface area (Å²) < 4.78 is 38.5. The van der Waals surface area contributed by atoms with E-state index in [0.717, 1.165) is 23.7 Å². The summed E-state index contributed by atoms with van der Waals surface area (Å²) in [6.07, 6.45) is 1.83. The Morgan fingerprint density at radius 3 is 2.30 bits per heavy atom. The number of aromatic nitrogens is 1. The Bertz CT molecular complexity index is 1180. The summed E-state index contributed by atoms with van der Waals surface area (Å²) in [5.41, 5.74) is 3.61. The monoisotopic (exact) mass is 487 g/mol. The number of methoxy groups -OCH3 is 2. The van der Waals surface area contributed by atoms with E-state index in [1.807, 2.05) is 0 Å². The smallest absolute Gasteiger partial charge is 0.246 e. The number of hydrogen-bond donors (Lipinski definition) is 0. The van der Waals surface area contributed by atoms with Crippen molar-refractivity contribution in [3.8, 4) is 11.5 Å². The van der Waals surface area contributed by atoms with Crippen LogP contribution in [0.25, 0.3) is 0 Å². The van der Waals surface area contributed by atoms with Crippen molar-refractivity contribution >= 4 is 26.5 Å². The van der Waals surface area contributed by atoms with Crippen LogP contribution in [0.15, 0.2) is 52.7 Å². The molecule has 3 aromatic rings. The van der Waals surface area contributed by atoms with Gasteiger partial charge in [-0.15, -0.1) is 11.3 Å². The third-order valence-corrected chi connectivity index (χ3v) is 8.74. The Hall–Kier alpha value is -2.62. The number of rotatable bonds is 8. The van der Waals surface area contributed by atoms with Crippen LogP contribution in [0.5, 0.6) is 11.5 Å². The van der Waals surface area contributed by atoms with Crippen LogP contribution >= 0.6 is 11.3 Å². The Morgan fingerprint density at radius 2 is 1.67 bits per heavy atom. The topological polar surface area (TPSA) is 72.0 Å². The van der Waals surface area contributed by atoms with Crippen LogP contribution in [0, 0.1) is 0 Å². The Labute approximate surface area is 199 Å². The van der Waals surface area contributed by atoms with Crippen molar-refractivity contribution < 1.29 is 17.9 Å². The average molecular weight is 488 g/mol. The van der Waals surface area contributed by atoms with Gasteiger partial charge >= 0.3 is 0 Å². The number of benzene rings is 2. The van der Waals surface area contributed by atoms with E-state index in [2.05, 4.69) is 41.5 Å². The molecule has 0 radical (unpaired) electrons. The normalized spacial score (nSPS) is 14.9. The van der Waals surface area contributed by atoms with Crippen molar-refractivity contribution in [3.05, 3.63) is 64.7 Å². The molecule has 0 spiro atoms. The van der Waals surface area contributed by atoms with Crippen LogP contribution in [-0.4, -0.2) is 58.1 Å². The highest BCUT2D eigenvalue weighted by Gasteiger charge is 2.31. The molecule has 176 valence electrons. The molecule has 0 saturated carbocycles. The van der Waals surface area contributed by atoms with Gasteiger partial charge in [-0.05, 0) is 29.7 Å². The molecule has 1 aliphatic rings. The lowest BCUT2D eigenvalue weighted by molar-refractivity contribution is 0.370. The molecule has 9 heteroatoms. The zero-order valence-corrected chi connectivity index (χ0v) is 20.8. The lowest BCUT2D eigenvalue weighted by atomic mass is 10.1. The molecular weight excluding hydrogens is 458 g/mol. The number of aryl methyl sites for hydroxylation is 1. The fraction of sp³-hybridized carbons (Fsp3) is 0.375. The molecule has 0 unspecified atom stereocenters. The first-order chi connectivity index (χ1) is 15.9. The number of ether oxygens (including phenoxy) is 2. The van der Waals surface area contributed by atoms with Gasteiger partial charge in [0, 0.05) is 44.0 Å². The molecule has 1 aliphatic heterocycles. The van der Waals surface area contributed by atoms with E-state index in [1.165, 1.54) is 29.7 Å². The number of hydrogen-bond acceptors (Lipinski definition) is 7. The van der Waals surface area contributed by atoms with E-state index in [-0.39, 0.29) is 10.6 Å². The van der Waals surface area contributed by atoms with E-state index in [0.29, 0.717) is 31.9 Å². The van der Waals surface area contributed by atoms with E-state index in [9.17, 15) is 8.42 Å². The van der Waals surface area contributed by atoms with Crippen LogP contribution in [0.4, 0.5) is 5.13 Å². The molecule has 1 saturated heterocycles. The van der Waals surface area contributed by atoms with E-state index in [1.54, 1.807) is 29.5 Å². The first-order valence-corrected chi connectivity index (χ1v) is 13.3. The minimum absolute atomic E-state index is 0.157. The SMILES string of the molecule is CCc1ccc(Cc2csc(N3CCN(S(=O)(=O)c4ccc(OC)cc4OC)CC3)n2)cc1. The Morgan fingerprint density at radius 1 is 0.970 bits per heavy atom. The molecule has 0 N–H and O–H groups in total. The van der Waals surface area contributed by atoms with E-state index in [4.69, 9.17) is 14.5 Å². The predicted molar refractivity (Wildman–Crippen MR) is 131 cm³/mol. The summed E-state index contributed by atoms with van der Waals surface area (Å²) in [5, 5.41) is 3.03. The van der Waals surface area contributed by atoms with Crippen LogP contribution < -0.4 is 14.4 Å². The van der Waals surface area contributed by atoms with Crippen molar-refractivity contribution in [1.29, 1.82) is 0 Å². The second-order valence-electron chi connectivity index (χ2n) is 7.88. The molecule has 4 rings (SSSR count). The van der Waals surface area contributed by atoms with E-state index >= 15 is 0 Å². The summed E-state index contributed by atoms with van der Waals surface area (Å²) in [6, 6.07) is 13.4. The number of thiazole rings is 1. The van der Waals surface area contributed by atoms with Gasteiger partial charge in [-0.25, -0.2) is 13.4 Å². The molecule has 1 fully saturated rings. The lowest BCUT2D eigenvalue weighted by Gasteiger charge is -2.34. The van der Waals surface area contributed by atoms with E-state index < -0.39 is 10.0 Å². The van der Waals surface area contributed by atoms with Gasteiger partial charge in [-0.2, -0.15) is 4.31 Å². The zero-order valence-electron chi connectivity index (χ0n) is 19.2. The summed E-state index contributed by atoms with van der Waals surface area (Å²) in [5.74, 6) is 0.838. The molecule has 7 nitrogen and oxygen atoms in total. The summed E-state index contributed by atoms with van der Waals surface area (Å²) in [4.78, 5) is 7.12. The minimum Gasteiger partial charge on any atom is -0.497 e. The molecule has 0 aliphatic carbocycles. The first-order valence-electron chi connectivity index (χ1n) is 10.9. The van der Waals surface area contributed by atoms with Crippen LogP contribution in [0.2, 0.25) is 0 Å². The fourth-order valence-electron chi connectivity index (χ4n) is 3.87. The zero-order chi connectivity index (χ0) is 23.4. The molecule has 33 heavy (non-hydrogen) atoms. The van der Waals surface area contributed by atoms with Crippen LogP contribution in [-0.2, 0) is 22.9 Å². The van der Waals surface area contributed by atoms with Gasteiger partial charge in [-0.1, -0.05) is 31.2 Å². The Balaban J connectivity index is 1.41. The van der Waals surface area contributed by atoms with Crippen molar-refractivity contribution in [2.75, 3.05) is 45.3 Å². The molecule has 0 amide bonds. The standard InChI is InChI=1S/C24H29N3O4S2/c1-4-18-5-7-19(8-6-18)15-20-17-32-24(25-20)26-11-13-27(14-12-26)33(28,29)23-10-9-21(30-2)16-22(23)31-3/h5-10,16-17H,4,11-15H2,1-3H3. The first kappa shape index (κ1) is 23.5. The van der Waals surface area contributed by atoms with Crippen molar-refractivity contribution in [3.63, 3.8) is 0 Å². The average Bonchev–Trinajstić information content (AvgIpc) is 3.32. The molecule has 2 heterocycles. The molecule has 1 aromatic heterocycles. The maximum absolute atomic E-state index is 13.2. The maximum atomic E-state index is 13.2. The molecule has 2 aromatic carbocycles. The van der Waals surface area contributed by atoms with Crippen LogP contribution in [0.1, 0.15) is 23.7 Å². The lowest BCUT2D eigenvalue weighted by Crippen LogP contribution is -2.48. The third kappa shape index (κ3) is 5.15. The second kappa shape index (κ2) is 10.1. The summed E-state index contributed by atoms with van der Waals surface area (Å²) >= 11 is 1.61. The van der Waals surface area contributed by atoms with Crippen molar-refractivity contribution in [2.24, 2.45) is 0 Å². The third-order valence-electron chi connectivity index (χ3n) is 5.85. The maximum Gasteiger partial charge on any atom is 0.246 e. The van der Waals surface area contributed by atoms with Gasteiger partial charge in [0.15, 0.2) is 5.13 Å². The van der Waals surface area contributed by atoms with Gasteiger partial charge in [-0.3, -0.25) is 0 Å². The molecule has 0 atom stereocenters. The highest BCUT2D eigenvalue weighted by Crippen LogP contribution is 2.32. The van der Waals surface area contributed by atoms with Crippen molar-refractivity contribution in [2.45, 2.75) is 24.7 Å². The summed E-state index contributed by atoms with van der Waals surface area (Å²) in [7, 11) is -0.669. The van der Waals surface area contributed by atoms with Gasteiger partial charge in [0.25, 0.3) is 0 Å². The summed E-state index contributed by atoms with van der Waals surface area (Å²) in [6.45, 7) is 4.13. The molecule has 0 bridgehead atoms. The largest absolute Gasteiger partial charge is 0.497 e.